The van der Waals surface area contributed by atoms with Gasteiger partial charge in [-0.2, -0.15) is 0 Å². The number of methoxy groups -OCH3 is 1. The van der Waals surface area contributed by atoms with E-state index < -0.39 is 0 Å². The van der Waals surface area contributed by atoms with Crippen molar-refractivity contribution in [2.45, 2.75) is 12.5 Å². The molecule has 1 unspecified atom stereocenters. The highest BCUT2D eigenvalue weighted by Crippen LogP contribution is 2.17. The molecule has 0 bridgehead atoms. The average Bonchev–Trinajstić information content (AvgIpc) is 2.67. The standard InChI is InChI=1S/C11H13FN2O2/c1-15-8(6-13)5-11-14-9-4-7(12)2-3-10(9)16-11/h2-4,8H,5-6,13H2,1H3. The van der Waals surface area contributed by atoms with Crippen LogP contribution in [0.15, 0.2) is 22.6 Å². The number of oxazole rings is 1. The second kappa shape index (κ2) is 4.59. The van der Waals surface area contributed by atoms with E-state index in [2.05, 4.69) is 4.98 Å². The van der Waals surface area contributed by atoms with Gasteiger partial charge in [-0.15, -0.1) is 0 Å². The average molecular weight is 224 g/mol. The van der Waals surface area contributed by atoms with Crippen LogP contribution in [0.5, 0.6) is 0 Å². The van der Waals surface area contributed by atoms with Crippen LogP contribution < -0.4 is 5.73 Å². The topological polar surface area (TPSA) is 61.3 Å². The van der Waals surface area contributed by atoms with Gasteiger partial charge in [0.1, 0.15) is 11.3 Å². The lowest BCUT2D eigenvalue weighted by Crippen LogP contribution is -2.24. The normalized spacial score (nSPS) is 13.2. The molecule has 16 heavy (non-hydrogen) atoms. The van der Waals surface area contributed by atoms with Gasteiger partial charge in [-0.25, -0.2) is 9.37 Å². The van der Waals surface area contributed by atoms with Gasteiger partial charge in [0.15, 0.2) is 11.5 Å². The van der Waals surface area contributed by atoms with Crippen molar-refractivity contribution in [2.75, 3.05) is 13.7 Å². The van der Waals surface area contributed by atoms with Crippen molar-refractivity contribution in [3.8, 4) is 0 Å². The van der Waals surface area contributed by atoms with Crippen molar-refractivity contribution < 1.29 is 13.5 Å². The fourth-order valence-electron chi connectivity index (χ4n) is 1.49. The monoisotopic (exact) mass is 224 g/mol. The number of ether oxygens (including phenoxy) is 1. The zero-order chi connectivity index (χ0) is 11.5. The summed E-state index contributed by atoms with van der Waals surface area (Å²) in [6.07, 6.45) is 0.362. The minimum absolute atomic E-state index is 0.127. The Hall–Kier alpha value is -1.46. The van der Waals surface area contributed by atoms with Gasteiger partial charge in [0, 0.05) is 19.7 Å². The van der Waals surface area contributed by atoms with Gasteiger partial charge >= 0.3 is 0 Å². The second-order valence-corrected chi connectivity index (χ2v) is 3.52. The Balaban J connectivity index is 2.25. The Morgan fingerprint density at radius 3 is 3.06 bits per heavy atom. The molecule has 0 aliphatic carbocycles. The maximum absolute atomic E-state index is 12.9. The molecule has 2 N–H and O–H groups in total. The molecule has 0 aliphatic heterocycles. The molecule has 0 fully saturated rings. The summed E-state index contributed by atoms with van der Waals surface area (Å²) < 4.78 is 23.5. The summed E-state index contributed by atoms with van der Waals surface area (Å²) in [5.41, 5.74) is 6.58. The molecular formula is C11H13FN2O2. The minimum Gasteiger partial charge on any atom is -0.441 e. The number of aromatic nitrogens is 1. The van der Waals surface area contributed by atoms with Crippen LogP contribution in [0.1, 0.15) is 5.89 Å². The third kappa shape index (κ3) is 2.20. The van der Waals surface area contributed by atoms with Crippen LogP contribution in [0.3, 0.4) is 0 Å². The Morgan fingerprint density at radius 1 is 1.56 bits per heavy atom. The number of nitrogens with zero attached hydrogens (tertiary/aromatic N) is 1. The third-order valence-corrected chi connectivity index (χ3v) is 2.39. The largest absolute Gasteiger partial charge is 0.441 e. The number of nitrogens with two attached hydrogens (primary N) is 1. The zero-order valence-electron chi connectivity index (χ0n) is 8.94. The molecule has 2 rings (SSSR count). The van der Waals surface area contributed by atoms with Crippen LogP contribution in [-0.2, 0) is 11.2 Å². The van der Waals surface area contributed by atoms with Crippen LogP contribution >= 0.6 is 0 Å². The van der Waals surface area contributed by atoms with E-state index in [9.17, 15) is 4.39 Å². The van der Waals surface area contributed by atoms with Crippen molar-refractivity contribution in [3.05, 3.63) is 29.9 Å². The molecule has 0 saturated carbocycles. The molecule has 1 aromatic heterocycles. The van der Waals surface area contributed by atoms with E-state index in [0.717, 1.165) is 0 Å². The zero-order valence-corrected chi connectivity index (χ0v) is 8.94. The van der Waals surface area contributed by atoms with Gasteiger partial charge in [-0.3, -0.25) is 0 Å². The first-order valence-electron chi connectivity index (χ1n) is 5.00. The number of halogens is 1. The lowest BCUT2D eigenvalue weighted by Gasteiger charge is -2.09. The summed E-state index contributed by atoms with van der Waals surface area (Å²) in [5, 5.41) is 0. The third-order valence-electron chi connectivity index (χ3n) is 2.39. The summed E-state index contributed by atoms with van der Waals surface area (Å²) in [5.74, 6) is 0.187. The van der Waals surface area contributed by atoms with Gasteiger partial charge in [0.25, 0.3) is 0 Å². The first-order chi connectivity index (χ1) is 7.72. The minimum atomic E-state index is -0.325. The lowest BCUT2D eigenvalue weighted by molar-refractivity contribution is 0.104. The van der Waals surface area contributed by atoms with Gasteiger partial charge in [-0.1, -0.05) is 0 Å². The summed E-state index contributed by atoms with van der Waals surface area (Å²) in [7, 11) is 1.58. The molecule has 86 valence electrons. The van der Waals surface area contributed by atoms with Crippen LogP contribution in [0.25, 0.3) is 11.1 Å². The highest BCUT2D eigenvalue weighted by molar-refractivity contribution is 5.72. The lowest BCUT2D eigenvalue weighted by atomic mass is 10.2. The first kappa shape index (κ1) is 11.0. The molecule has 1 atom stereocenters. The Morgan fingerprint density at radius 2 is 2.38 bits per heavy atom. The number of benzene rings is 1. The molecule has 0 amide bonds. The van der Waals surface area contributed by atoms with Crippen molar-refractivity contribution in [1.82, 2.24) is 4.98 Å². The summed E-state index contributed by atoms with van der Waals surface area (Å²) in [6, 6.07) is 4.24. The summed E-state index contributed by atoms with van der Waals surface area (Å²) in [4.78, 5) is 4.17. The number of hydrogen-bond donors (Lipinski definition) is 1. The van der Waals surface area contributed by atoms with Gasteiger partial charge in [0.2, 0.25) is 0 Å². The molecule has 0 aliphatic rings. The van der Waals surface area contributed by atoms with Crippen LogP contribution in [0, 0.1) is 5.82 Å². The van der Waals surface area contributed by atoms with Crippen molar-refractivity contribution in [1.29, 1.82) is 0 Å². The molecular weight excluding hydrogens is 211 g/mol. The number of hydrogen-bond acceptors (Lipinski definition) is 4. The maximum Gasteiger partial charge on any atom is 0.198 e. The van der Waals surface area contributed by atoms with Crippen molar-refractivity contribution in [3.63, 3.8) is 0 Å². The van der Waals surface area contributed by atoms with E-state index in [-0.39, 0.29) is 11.9 Å². The van der Waals surface area contributed by atoms with E-state index >= 15 is 0 Å². The Kier molecular flexibility index (Phi) is 3.17. The van der Waals surface area contributed by atoms with E-state index in [0.29, 0.717) is 30.0 Å². The van der Waals surface area contributed by atoms with Gasteiger partial charge < -0.3 is 14.9 Å². The molecule has 0 radical (unpaired) electrons. The highest BCUT2D eigenvalue weighted by Gasteiger charge is 2.12. The van der Waals surface area contributed by atoms with Gasteiger partial charge in [0.05, 0.1) is 12.5 Å². The molecule has 1 heterocycles. The quantitative estimate of drug-likeness (QED) is 0.854. The number of rotatable bonds is 4. The summed E-state index contributed by atoms with van der Waals surface area (Å²) >= 11 is 0. The Bertz CT molecular complexity index is 480. The smallest absolute Gasteiger partial charge is 0.198 e. The van der Waals surface area contributed by atoms with Crippen LogP contribution in [-0.4, -0.2) is 24.7 Å². The Labute approximate surface area is 92.2 Å². The maximum atomic E-state index is 12.9. The van der Waals surface area contributed by atoms with Gasteiger partial charge in [-0.05, 0) is 12.1 Å². The van der Waals surface area contributed by atoms with Crippen LogP contribution in [0.2, 0.25) is 0 Å². The van der Waals surface area contributed by atoms with E-state index in [1.165, 1.54) is 12.1 Å². The SMILES string of the molecule is COC(CN)Cc1nc2cc(F)ccc2o1. The van der Waals surface area contributed by atoms with Crippen molar-refractivity contribution >= 4 is 11.1 Å². The first-order valence-corrected chi connectivity index (χ1v) is 5.00. The molecule has 0 saturated heterocycles. The molecule has 1 aromatic carbocycles. The fourth-order valence-corrected chi connectivity index (χ4v) is 1.49. The van der Waals surface area contributed by atoms with E-state index in [1.807, 2.05) is 0 Å². The predicted molar refractivity (Wildman–Crippen MR) is 57.5 cm³/mol. The number of fused-ring (bicyclic) bond motifs is 1. The molecule has 0 spiro atoms. The fraction of sp³-hybridized carbons (Fsp3) is 0.364. The van der Waals surface area contributed by atoms with E-state index in [1.54, 1.807) is 13.2 Å². The highest BCUT2D eigenvalue weighted by atomic mass is 19.1. The summed E-state index contributed by atoms with van der Waals surface area (Å²) in [6.45, 7) is 0.392. The van der Waals surface area contributed by atoms with Crippen molar-refractivity contribution in [2.24, 2.45) is 5.73 Å². The second-order valence-electron chi connectivity index (χ2n) is 3.52. The van der Waals surface area contributed by atoms with E-state index in [4.69, 9.17) is 14.9 Å². The van der Waals surface area contributed by atoms with Crippen LogP contribution in [0.4, 0.5) is 4.39 Å². The molecule has 2 aromatic rings. The molecule has 4 nitrogen and oxygen atoms in total. The predicted octanol–water partition coefficient (Wildman–Crippen LogP) is 1.48. The molecule has 5 heteroatoms.